The van der Waals surface area contributed by atoms with Crippen LogP contribution in [0.1, 0.15) is 0 Å². The topological polar surface area (TPSA) is 98.7 Å². The van der Waals surface area contributed by atoms with Crippen LogP contribution in [0.25, 0.3) is 0 Å². The maximum absolute atomic E-state index is 13.3. The molecule has 0 aromatic carbocycles. The number of halogens is 16. The third-order valence-corrected chi connectivity index (χ3v) is 4.66. The summed E-state index contributed by atoms with van der Waals surface area (Å²) in [6.45, 7) is 0. The van der Waals surface area contributed by atoms with E-state index in [9.17, 15) is 88.5 Å². The molecule has 0 rings (SSSR count). The van der Waals surface area contributed by atoms with Crippen molar-refractivity contribution in [2.75, 3.05) is 0 Å². The van der Waals surface area contributed by atoms with Crippen molar-refractivity contribution in [3.8, 4) is 0 Å². The van der Waals surface area contributed by atoms with E-state index in [0.717, 1.165) is 0 Å². The molecule has 0 aromatic heterocycles. The van der Waals surface area contributed by atoms with E-state index in [4.69, 9.17) is 0 Å². The molecule has 0 saturated heterocycles. The predicted molar refractivity (Wildman–Crippen MR) is 59.0 cm³/mol. The van der Waals surface area contributed by atoms with Crippen LogP contribution >= 0.6 is 12.0 Å². The summed E-state index contributed by atoms with van der Waals surface area (Å²) < 4.78 is 242. The minimum absolute atomic E-state index is 1.94. The van der Waals surface area contributed by atoms with Gasteiger partial charge in [-0.25, -0.2) is 8.42 Å². The highest BCUT2D eigenvalue weighted by molar-refractivity contribution is 7.95. The standard InChI is InChI=1S/C8H2F16O6S2/c9-1(10,3(13,14)5(17,18)7(21,22)31-30-29-25)2(11,12)4(15,16)6(19,20)8(23,24)32(26,27)28/h25H,(H,26,27,28)/p-2. The van der Waals surface area contributed by atoms with E-state index in [-0.39, 0.29) is 0 Å². The number of hydrogen-bond acceptors (Lipinski definition) is 7. The summed E-state index contributed by atoms with van der Waals surface area (Å²) >= 11 is -2.59. The average Bonchev–Trinajstić information content (AvgIpc) is 2.57. The molecule has 0 atom stereocenters. The van der Waals surface area contributed by atoms with E-state index in [0.29, 0.717) is 0 Å². The Kier molecular flexibility index (Phi) is 7.81. The lowest BCUT2D eigenvalue weighted by molar-refractivity contribution is -0.777. The Morgan fingerprint density at radius 1 is 0.562 bits per heavy atom. The quantitative estimate of drug-likeness (QED) is 0.126. The number of rotatable bonds is 11. The molecule has 0 aliphatic carbocycles. The Morgan fingerprint density at radius 3 is 1.12 bits per heavy atom. The van der Waals surface area contributed by atoms with Gasteiger partial charge in [-0.3, -0.25) is 5.04 Å². The first-order chi connectivity index (χ1) is 13.6. The van der Waals surface area contributed by atoms with Crippen molar-refractivity contribution < 1.29 is 97.8 Å². The second-order valence-electron chi connectivity index (χ2n) is 5.15. The van der Waals surface area contributed by atoms with Crippen molar-refractivity contribution in [3.63, 3.8) is 0 Å². The lowest BCUT2D eigenvalue weighted by Gasteiger charge is -2.43. The normalized spacial score (nSPS) is 16.4. The Balaban J connectivity index is 6.85. The van der Waals surface area contributed by atoms with Crippen LogP contribution in [-0.4, -0.2) is 59.0 Å². The fourth-order valence-corrected chi connectivity index (χ4v) is 2.21. The van der Waals surface area contributed by atoms with Gasteiger partial charge in [-0.05, 0) is 0 Å². The molecule has 32 heavy (non-hydrogen) atoms. The fourth-order valence-electron chi connectivity index (χ4n) is 1.42. The van der Waals surface area contributed by atoms with E-state index >= 15 is 0 Å². The smallest absolute Gasteiger partial charge is 0.402 e. The van der Waals surface area contributed by atoms with Gasteiger partial charge in [0, 0.05) is 0 Å². The van der Waals surface area contributed by atoms with Crippen molar-refractivity contribution in [1.82, 2.24) is 0 Å². The van der Waals surface area contributed by atoms with Gasteiger partial charge in [0.05, 0.1) is 0 Å². The first-order valence-electron chi connectivity index (χ1n) is 6.18. The first kappa shape index (κ1) is 31.0. The van der Waals surface area contributed by atoms with Crippen LogP contribution < -0.4 is 5.26 Å². The van der Waals surface area contributed by atoms with E-state index in [2.05, 4.69) is 4.33 Å². The van der Waals surface area contributed by atoms with Gasteiger partial charge in [0.2, 0.25) is 0 Å². The van der Waals surface area contributed by atoms with Crippen LogP contribution in [0.3, 0.4) is 0 Å². The third-order valence-electron chi connectivity index (χ3n) is 3.18. The molecule has 0 aliphatic rings. The Labute approximate surface area is 167 Å². The second kappa shape index (κ2) is 8.06. The summed E-state index contributed by atoms with van der Waals surface area (Å²) in [6, 6.07) is 0. The largest absolute Gasteiger partial charge is 0.743 e. The molecule has 0 aliphatic heterocycles. The fraction of sp³-hybridized carbons (Fsp3) is 1.00. The minimum atomic E-state index is -8.90. The van der Waals surface area contributed by atoms with Gasteiger partial charge in [0.15, 0.2) is 10.1 Å². The maximum atomic E-state index is 13.3. The summed E-state index contributed by atoms with van der Waals surface area (Å²) in [7, 11) is -8.16. The SMILES string of the molecule is O=S(=O)([O-])C(F)(F)C(F)(F)C(F)(F)C(F)(F)C(F)(F)C(F)(F)C(F)(F)C(F)(F)SOO[O-]. The van der Waals surface area contributed by atoms with Gasteiger partial charge < -0.3 is 9.81 Å². The molecule has 0 fully saturated rings. The lowest BCUT2D eigenvalue weighted by atomic mass is 9.91. The van der Waals surface area contributed by atoms with E-state index in [1.165, 1.54) is 0 Å². The molecule has 0 heterocycles. The molecule has 194 valence electrons. The van der Waals surface area contributed by atoms with Crippen molar-refractivity contribution >= 4 is 22.2 Å². The van der Waals surface area contributed by atoms with Gasteiger partial charge in [0.1, 0.15) is 12.0 Å². The summed E-state index contributed by atoms with van der Waals surface area (Å²) in [5.41, 5.74) is 0. The van der Waals surface area contributed by atoms with Crippen molar-refractivity contribution in [1.29, 1.82) is 0 Å². The summed E-state index contributed by atoms with van der Waals surface area (Å²) in [4.78, 5) is 0. The molecule has 0 unspecified atom stereocenters. The molecular formula is C8F16O6S2-2. The molecule has 24 heteroatoms. The summed E-state index contributed by atoms with van der Waals surface area (Å²) in [6.07, 6.45) is 0. The monoisotopic (exact) mass is 560 g/mol. The Bertz CT molecular complexity index is 794. The molecule has 0 aromatic rings. The Hall–Kier alpha value is -0.980. The second-order valence-corrected chi connectivity index (χ2v) is 7.39. The van der Waals surface area contributed by atoms with Crippen molar-refractivity contribution in [2.24, 2.45) is 0 Å². The highest BCUT2D eigenvalue weighted by atomic mass is 32.2. The molecule has 0 radical (unpaired) electrons. The minimum Gasteiger partial charge on any atom is -0.743 e. The zero-order valence-electron chi connectivity index (χ0n) is 13.3. The first-order valence-corrected chi connectivity index (χ1v) is 8.33. The van der Waals surface area contributed by atoms with Crippen LogP contribution in [0.2, 0.25) is 0 Å². The summed E-state index contributed by atoms with van der Waals surface area (Å²) in [5.74, 6) is -51.7. The van der Waals surface area contributed by atoms with Gasteiger partial charge in [-0.1, -0.05) is 0 Å². The van der Waals surface area contributed by atoms with Crippen molar-refractivity contribution in [3.05, 3.63) is 0 Å². The highest BCUT2D eigenvalue weighted by Gasteiger charge is 2.95. The maximum Gasteiger partial charge on any atom is 0.402 e. The van der Waals surface area contributed by atoms with Crippen molar-refractivity contribution in [2.45, 2.75) is 46.0 Å². The lowest BCUT2D eigenvalue weighted by Crippen LogP contribution is -2.75. The van der Waals surface area contributed by atoms with E-state index in [1.807, 2.05) is 5.04 Å². The van der Waals surface area contributed by atoms with Crippen LogP contribution in [0, 0.1) is 0 Å². The van der Waals surface area contributed by atoms with Gasteiger partial charge in [-0.15, -0.1) is 0 Å². The molecule has 0 N–H and O–H groups in total. The molecular weight excluding hydrogens is 560 g/mol. The van der Waals surface area contributed by atoms with Crippen LogP contribution in [0.15, 0.2) is 0 Å². The van der Waals surface area contributed by atoms with E-state index in [1.54, 1.807) is 0 Å². The molecule has 0 amide bonds. The summed E-state index contributed by atoms with van der Waals surface area (Å²) in [5, 5.41) is -3.77. The molecule has 0 spiro atoms. The zero-order valence-corrected chi connectivity index (χ0v) is 14.9. The predicted octanol–water partition coefficient (Wildman–Crippen LogP) is 3.40. The molecule has 6 nitrogen and oxygen atoms in total. The molecule has 0 saturated carbocycles. The number of alkyl halides is 16. The van der Waals surface area contributed by atoms with E-state index < -0.39 is 68.2 Å². The number of hydrogen-bond donors (Lipinski definition) is 0. The average molecular weight is 560 g/mol. The van der Waals surface area contributed by atoms with Gasteiger partial charge in [-0.2, -0.15) is 74.6 Å². The van der Waals surface area contributed by atoms with Crippen LogP contribution in [-0.2, 0) is 19.5 Å². The zero-order chi connectivity index (χ0) is 26.6. The third kappa shape index (κ3) is 3.94. The van der Waals surface area contributed by atoms with Gasteiger partial charge in [0.25, 0.3) is 0 Å². The molecule has 0 bridgehead atoms. The highest BCUT2D eigenvalue weighted by Crippen LogP contribution is 2.65. The van der Waals surface area contributed by atoms with Crippen LogP contribution in [0.5, 0.6) is 0 Å². The Morgan fingerprint density at radius 2 is 0.844 bits per heavy atom. The van der Waals surface area contributed by atoms with Gasteiger partial charge >= 0.3 is 46.0 Å². The van der Waals surface area contributed by atoms with Crippen LogP contribution in [0.4, 0.5) is 70.2 Å².